The molecule has 0 radical (unpaired) electrons. The molecule has 0 aliphatic heterocycles. The zero-order chi connectivity index (χ0) is 14.4. The van der Waals surface area contributed by atoms with E-state index in [2.05, 4.69) is 16.1 Å². The van der Waals surface area contributed by atoms with Gasteiger partial charge in [0.05, 0.1) is 18.4 Å². The van der Waals surface area contributed by atoms with E-state index in [-0.39, 0.29) is 12.5 Å². The molecule has 0 saturated carbocycles. The smallest absolute Gasteiger partial charge is 0.276 e. The van der Waals surface area contributed by atoms with Gasteiger partial charge in [-0.3, -0.25) is 4.79 Å². The average Bonchev–Trinajstić information content (AvgIpc) is 2.97. The van der Waals surface area contributed by atoms with Crippen LogP contribution in [0.3, 0.4) is 0 Å². The Morgan fingerprint density at radius 3 is 2.80 bits per heavy atom. The lowest BCUT2D eigenvalue weighted by Crippen LogP contribution is -2.32. The predicted molar refractivity (Wildman–Crippen MR) is 76.4 cm³/mol. The first-order chi connectivity index (χ1) is 9.76. The molecule has 20 heavy (non-hydrogen) atoms. The van der Waals surface area contributed by atoms with Gasteiger partial charge in [0.25, 0.3) is 5.91 Å². The summed E-state index contributed by atoms with van der Waals surface area (Å²) in [5.41, 5.74) is 1.11. The lowest BCUT2D eigenvalue weighted by atomic mass is 10.3. The van der Waals surface area contributed by atoms with E-state index in [0.717, 1.165) is 12.1 Å². The molecule has 1 aromatic heterocycles. The van der Waals surface area contributed by atoms with E-state index in [1.54, 1.807) is 4.90 Å². The molecule has 0 spiro atoms. The maximum absolute atomic E-state index is 12.3. The van der Waals surface area contributed by atoms with E-state index < -0.39 is 0 Å². The number of benzene rings is 1. The molecule has 5 heteroatoms. The normalized spacial score (nSPS) is 10.0. The van der Waals surface area contributed by atoms with Crippen molar-refractivity contribution in [2.75, 3.05) is 13.1 Å². The average molecular weight is 268 g/mol. The van der Waals surface area contributed by atoms with Crippen LogP contribution >= 0.6 is 0 Å². The van der Waals surface area contributed by atoms with Gasteiger partial charge in [0.1, 0.15) is 0 Å². The van der Waals surface area contributed by atoms with E-state index in [4.69, 9.17) is 6.42 Å². The Bertz CT molecular complexity index is 612. The number of nitrogens with zero attached hydrogens (tertiary/aromatic N) is 4. The predicted octanol–water partition coefficient (Wildman–Crippen LogP) is 1.75. The molecule has 1 aromatic carbocycles. The fourth-order valence-corrected chi connectivity index (χ4v) is 1.84. The second-order valence-corrected chi connectivity index (χ2v) is 4.29. The molecule has 0 N–H and O–H groups in total. The van der Waals surface area contributed by atoms with Gasteiger partial charge < -0.3 is 4.90 Å². The number of carbonyl (C=O) groups excluding carboxylic acids is 1. The maximum atomic E-state index is 12.3. The third-order valence-electron chi connectivity index (χ3n) is 2.76. The van der Waals surface area contributed by atoms with Gasteiger partial charge in [0.15, 0.2) is 5.69 Å². The Balaban J connectivity index is 2.20. The largest absolute Gasteiger partial charge is 0.326 e. The van der Waals surface area contributed by atoms with Crippen molar-refractivity contribution in [1.29, 1.82) is 0 Å². The topological polar surface area (TPSA) is 51.0 Å². The molecule has 5 nitrogen and oxygen atoms in total. The summed E-state index contributed by atoms with van der Waals surface area (Å²) in [6.45, 7) is 2.89. The zero-order valence-corrected chi connectivity index (χ0v) is 11.4. The van der Waals surface area contributed by atoms with Crippen molar-refractivity contribution in [1.82, 2.24) is 19.9 Å². The quantitative estimate of drug-likeness (QED) is 0.776. The molecule has 2 rings (SSSR count). The number of carbonyl (C=O) groups is 1. The molecule has 0 fully saturated rings. The second-order valence-electron chi connectivity index (χ2n) is 4.29. The zero-order valence-electron chi connectivity index (χ0n) is 11.4. The lowest BCUT2D eigenvalue weighted by molar-refractivity contribution is 0.0770. The Morgan fingerprint density at radius 1 is 1.40 bits per heavy atom. The van der Waals surface area contributed by atoms with Crippen molar-refractivity contribution < 1.29 is 4.79 Å². The number of amides is 1. The number of terminal acetylenes is 1. The van der Waals surface area contributed by atoms with Gasteiger partial charge in [-0.05, 0) is 18.6 Å². The van der Waals surface area contributed by atoms with Crippen LogP contribution in [0.25, 0.3) is 5.69 Å². The second kappa shape index (κ2) is 6.53. The summed E-state index contributed by atoms with van der Waals surface area (Å²) >= 11 is 0. The van der Waals surface area contributed by atoms with Crippen LogP contribution in [0.1, 0.15) is 23.8 Å². The lowest BCUT2D eigenvalue weighted by Gasteiger charge is -2.17. The molecule has 102 valence electrons. The summed E-state index contributed by atoms with van der Waals surface area (Å²) in [4.78, 5) is 15.3. The number of hydrogen-bond acceptors (Lipinski definition) is 3. The van der Waals surface area contributed by atoms with Crippen LogP contribution in [0.5, 0.6) is 0 Å². The molecule has 1 amide bonds. The van der Waals surface area contributed by atoms with Crippen molar-refractivity contribution in [3.63, 3.8) is 0 Å². The van der Waals surface area contributed by atoms with Crippen LogP contribution in [0.4, 0.5) is 0 Å². The molecular weight excluding hydrogens is 252 g/mol. The first-order valence-corrected chi connectivity index (χ1v) is 6.46. The summed E-state index contributed by atoms with van der Waals surface area (Å²) in [7, 11) is 0. The van der Waals surface area contributed by atoms with Gasteiger partial charge in [-0.1, -0.05) is 31.0 Å². The Hall–Kier alpha value is -2.61. The number of hydrogen-bond donors (Lipinski definition) is 0. The van der Waals surface area contributed by atoms with E-state index in [1.807, 2.05) is 37.3 Å². The molecule has 0 saturated heterocycles. The standard InChI is InChI=1S/C15H16N4O/c1-3-10-18(11-4-2)15(20)14-12-16-19(17-14)13-8-6-5-7-9-13/h1,5-9,12H,4,10-11H2,2H3. The van der Waals surface area contributed by atoms with Crippen LogP contribution in [-0.2, 0) is 0 Å². The summed E-state index contributed by atoms with van der Waals surface area (Å²) in [5.74, 6) is 2.30. The molecular formula is C15H16N4O. The summed E-state index contributed by atoms with van der Waals surface area (Å²) in [6.07, 6.45) is 7.60. The van der Waals surface area contributed by atoms with Gasteiger partial charge in [0.2, 0.25) is 0 Å². The fraction of sp³-hybridized carbons (Fsp3) is 0.267. The number of aromatic nitrogens is 3. The van der Waals surface area contributed by atoms with Crippen molar-refractivity contribution >= 4 is 5.91 Å². The van der Waals surface area contributed by atoms with Crippen LogP contribution in [0.2, 0.25) is 0 Å². The Kier molecular flexibility index (Phi) is 4.51. The van der Waals surface area contributed by atoms with E-state index in [9.17, 15) is 4.79 Å². The van der Waals surface area contributed by atoms with E-state index >= 15 is 0 Å². The molecule has 0 atom stereocenters. The Morgan fingerprint density at radius 2 is 2.15 bits per heavy atom. The highest BCUT2D eigenvalue weighted by atomic mass is 16.2. The monoisotopic (exact) mass is 268 g/mol. The van der Waals surface area contributed by atoms with Gasteiger partial charge >= 0.3 is 0 Å². The number of rotatable bonds is 5. The third-order valence-corrected chi connectivity index (χ3v) is 2.76. The molecule has 1 heterocycles. The van der Waals surface area contributed by atoms with Crippen LogP contribution in [0.15, 0.2) is 36.5 Å². The van der Waals surface area contributed by atoms with Gasteiger partial charge in [0, 0.05) is 6.54 Å². The van der Waals surface area contributed by atoms with Crippen LogP contribution in [-0.4, -0.2) is 38.9 Å². The van der Waals surface area contributed by atoms with Crippen molar-refractivity contribution in [3.8, 4) is 18.0 Å². The molecule has 0 bridgehead atoms. The SMILES string of the molecule is C#CCN(CCC)C(=O)c1cnn(-c2ccccc2)n1. The minimum absolute atomic E-state index is 0.188. The summed E-state index contributed by atoms with van der Waals surface area (Å²) in [6, 6.07) is 9.44. The van der Waals surface area contributed by atoms with Gasteiger partial charge in [-0.15, -0.1) is 11.5 Å². The van der Waals surface area contributed by atoms with Gasteiger partial charge in [-0.2, -0.15) is 9.90 Å². The van der Waals surface area contributed by atoms with E-state index in [1.165, 1.54) is 11.0 Å². The highest BCUT2D eigenvalue weighted by Crippen LogP contribution is 2.06. The number of para-hydroxylation sites is 1. The maximum Gasteiger partial charge on any atom is 0.276 e. The van der Waals surface area contributed by atoms with Gasteiger partial charge in [-0.25, -0.2) is 0 Å². The van der Waals surface area contributed by atoms with E-state index in [0.29, 0.717) is 12.2 Å². The minimum atomic E-state index is -0.188. The van der Waals surface area contributed by atoms with Crippen LogP contribution in [0, 0.1) is 12.3 Å². The van der Waals surface area contributed by atoms with Crippen LogP contribution < -0.4 is 0 Å². The molecule has 0 aliphatic rings. The first-order valence-electron chi connectivity index (χ1n) is 6.46. The van der Waals surface area contributed by atoms with Crippen molar-refractivity contribution in [2.24, 2.45) is 0 Å². The molecule has 0 unspecified atom stereocenters. The highest BCUT2D eigenvalue weighted by Gasteiger charge is 2.17. The highest BCUT2D eigenvalue weighted by molar-refractivity contribution is 5.92. The molecule has 0 aliphatic carbocycles. The third kappa shape index (κ3) is 3.04. The van der Waals surface area contributed by atoms with Crippen molar-refractivity contribution in [3.05, 3.63) is 42.2 Å². The molecule has 2 aromatic rings. The summed E-state index contributed by atoms with van der Waals surface area (Å²) < 4.78 is 0. The fourth-order valence-electron chi connectivity index (χ4n) is 1.84. The summed E-state index contributed by atoms with van der Waals surface area (Å²) in [5, 5.41) is 8.33. The Labute approximate surface area is 118 Å². The first kappa shape index (κ1) is 13.8. The minimum Gasteiger partial charge on any atom is -0.326 e. The van der Waals surface area contributed by atoms with Crippen molar-refractivity contribution in [2.45, 2.75) is 13.3 Å².